The van der Waals surface area contributed by atoms with Crippen LogP contribution in [0.4, 0.5) is 0 Å². The minimum absolute atomic E-state index is 0.322. The third-order valence-corrected chi connectivity index (χ3v) is 1.20. The van der Waals surface area contributed by atoms with Crippen LogP contribution in [0.5, 0.6) is 0 Å². The van der Waals surface area contributed by atoms with Gasteiger partial charge in [0.1, 0.15) is 0 Å². The lowest BCUT2D eigenvalue weighted by molar-refractivity contribution is -0.137. The molecule has 0 saturated heterocycles. The Morgan fingerprint density at radius 2 is 2.00 bits per heavy atom. The van der Waals surface area contributed by atoms with Crippen LogP contribution in [-0.4, -0.2) is 25.8 Å². The summed E-state index contributed by atoms with van der Waals surface area (Å²) >= 11 is 0. The van der Waals surface area contributed by atoms with E-state index in [-0.39, 0.29) is 5.97 Å². The summed E-state index contributed by atoms with van der Waals surface area (Å²) in [6, 6.07) is 0. The van der Waals surface area contributed by atoms with E-state index < -0.39 is 0 Å². The summed E-state index contributed by atoms with van der Waals surface area (Å²) in [5.41, 5.74) is 0. The zero-order valence-corrected chi connectivity index (χ0v) is 8.16. The van der Waals surface area contributed by atoms with Crippen LogP contribution in [0.1, 0.15) is 13.8 Å². The molecule has 0 fully saturated rings. The number of esters is 1. The van der Waals surface area contributed by atoms with Crippen LogP contribution in [0.2, 0.25) is 0 Å². The Morgan fingerprint density at radius 1 is 1.31 bits per heavy atom. The molecule has 0 bridgehead atoms. The van der Waals surface area contributed by atoms with Crippen molar-refractivity contribution >= 4 is 5.97 Å². The Hall–Kier alpha value is -1.09. The fourth-order valence-corrected chi connectivity index (χ4v) is 0.635. The fraction of sp³-hybridized carbons (Fsp3) is 0.500. The van der Waals surface area contributed by atoms with E-state index in [4.69, 9.17) is 4.74 Å². The zero-order valence-electron chi connectivity index (χ0n) is 8.16. The third kappa shape index (κ3) is 8.82. The van der Waals surface area contributed by atoms with E-state index in [9.17, 15) is 4.79 Å². The highest BCUT2D eigenvalue weighted by atomic mass is 16.5. The van der Waals surface area contributed by atoms with Crippen LogP contribution < -0.4 is 0 Å². The van der Waals surface area contributed by atoms with Crippen molar-refractivity contribution < 1.29 is 14.3 Å². The van der Waals surface area contributed by atoms with Crippen LogP contribution in [0.3, 0.4) is 0 Å². The molecule has 0 aromatic carbocycles. The van der Waals surface area contributed by atoms with Crippen molar-refractivity contribution in [1.29, 1.82) is 0 Å². The van der Waals surface area contributed by atoms with Crippen molar-refractivity contribution in [2.45, 2.75) is 13.8 Å². The summed E-state index contributed by atoms with van der Waals surface area (Å²) in [6.07, 6.45) is 6.83. The Bertz CT molecular complexity index is 183. The second-order valence-electron chi connectivity index (χ2n) is 2.26. The van der Waals surface area contributed by atoms with Crippen LogP contribution >= 0.6 is 0 Å². The van der Waals surface area contributed by atoms with Crippen LogP contribution in [0, 0.1) is 0 Å². The molecule has 0 spiro atoms. The van der Waals surface area contributed by atoms with Gasteiger partial charge < -0.3 is 9.47 Å². The first-order valence-electron chi connectivity index (χ1n) is 4.33. The van der Waals surface area contributed by atoms with Gasteiger partial charge in [-0.25, -0.2) is 4.79 Å². The predicted molar refractivity (Wildman–Crippen MR) is 51.4 cm³/mol. The van der Waals surface area contributed by atoms with Gasteiger partial charge in [0.2, 0.25) is 0 Å². The Morgan fingerprint density at radius 3 is 2.62 bits per heavy atom. The van der Waals surface area contributed by atoms with Crippen molar-refractivity contribution in [2.24, 2.45) is 0 Å². The molecule has 0 aliphatic rings. The molecule has 0 rings (SSSR count). The average molecular weight is 184 g/mol. The second-order valence-corrected chi connectivity index (χ2v) is 2.26. The van der Waals surface area contributed by atoms with E-state index >= 15 is 0 Å². The summed E-state index contributed by atoms with van der Waals surface area (Å²) in [5.74, 6) is -0.322. The van der Waals surface area contributed by atoms with Gasteiger partial charge in [-0.2, -0.15) is 0 Å². The number of hydrogen-bond donors (Lipinski definition) is 0. The van der Waals surface area contributed by atoms with Crippen molar-refractivity contribution in [3.63, 3.8) is 0 Å². The molecular weight excluding hydrogens is 168 g/mol. The lowest BCUT2D eigenvalue weighted by atomic mass is 10.5. The van der Waals surface area contributed by atoms with Gasteiger partial charge >= 0.3 is 5.97 Å². The average Bonchev–Trinajstić information content (AvgIpc) is 2.11. The maximum atomic E-state index is 10.8. The highest BCUT2D eigenvalue weighted by Gasteiger charge is 1.91. The highest BCUT2D eigenvalue weighted by Crippen LogP contribution is 1.83. The summed E-state index contributed by atoms with van der Waals surface area (Å²) in [4.78, 5) is 10.8. The molecule has 0 aliphatic carbocycles. The summed E-state index contributed by atoms with van der Waals surface area (Å²) in [5, 5.41) is 0. The first-order chi connectivity index (χ1) is 6.31. The van der Waals surface area contributed by atoms with Gasteiger partial charge in [0.15, 0.2) is 0 Å². The first-order valence-corrected chi connectivity index (χ1v) is 4.33. The van der Waals surface area contributed by atoms with Gasteiger partial charge in [0.05, 0.1) is 19.8 Å². The van der Waals surface area contributed by atoms with E-state index in [2.05, 4.69) is 4.74 Å². The topological polar surface area (TPSA) is 35.5 Å². The smallest absolute Gasteiger partial charge is 0.330 e. The van der Waals surface area contributed by atoms with Crippen LogP contribution in [-0.2, 0) is 14.3 Å². The molecular formula is C10H16O3. The van der Waals surface area contributed by atoms with Crippen molar-refractivity contribution in [3.05, 3.63) is 24.3 Å². The Balaban J connectivity index is 3.35. The number of ether oxygens (including phenoxy) is 2. The molecule has 0 atom stereocenters. The van der Waals surface area contributed by atoms with E-state index in [1.165, 1.54) is 6.08 Å². The molecule has 74 valence electrons. The molecule has 0 radical (unpaired) electrons. The van der Waals surface area contributed by atoms with Gasteiger partial charge in [-0.05, 0) is 13.8 Å². The Kier molecular flexibility index (Phi) is 8.25. The zero-order chi connectivity index (χ0) is 9.94. The number of rotatable bonds is 6. The maximum absolute atomic E-state index is 10.8. The molecule has 0 saturated carbocycles. The minimum Gasteiger partial charge on any atom is -0.463 e. The van der Waals surface area contributed by atoms with Crippen molar-refractivity contribution in [1.82, 2.24) is 0 Å². The number of hydrogen-bond acceptors (Lipinski definition) is 3. The van der Waals surface area contributed by atoms with Gasteiger partial charge in [0, 0.05) is 6.08 Å². The lowest BCUT2D eigenvalue weighted by Gasteiger charge is -1.95. The number of allylic oxidation sites excluding steroid dienone is 1. The second kappa shape index (κ2) is 9.00. The molecule has 3 heteroatoms. The molecule has 3 nitrogen and oxygen atoms in total. The highest BCUT2D eigenvalue weighted by molar-refractivity contribution is 5.81. The first kappa shape index (κ1) is 11.9. The molecule has 13 heavy (non-hydrogen) atoms. The summed E-state index contributed by atoms with van der Waals surface area (Å²) in [6.45, 7) is 5.11. The number of carbonyl (C=O) groups excluding carboxylic acids is 1. The Labute approximate surface area is 79.0 Å². The maximum Gasteiger partial charge on any atom is 0.330 e. The molecule has 0 aromatic rings. The van der Waals surface area contributed by atoms with Crippen LogP contribution in [0.15, 0.2) is 24.3 Å². The van der Waals surface area contributed by atoms with Gasteiger partial charge in [-0.15, -0.1) is 0 Å². The largest absolute Gasteiger partial charge is 0.463 e. The summed E-state index contributed by atoms with van der Waals surface area (Å²) in [7, 11) is 0. The van der Waals surface area contributed by atoms with E-state index in [0.717, 1.165) is 0 Å². The molecule has 0 heterocycles. The normalized spacial score (nSPS) is 11.2. The van der Waals surface area contributed by atoms with Gasteiger partial charge in [-0.1, -0.05) is 18.2 Å². The molecule has 0 unspecified atom stereocenters. The minimum atomic E-state index is -0.322. The standard InChI is InChI=1S/C10H16O3/c1-3-5-8-12-9-6-7-10(11)13-4-2/h3,5-7H,4,8-9H2,1-2H3/b5-3+,7-6+. The number of carbonyl (C=O) groups is 1. The predicted octanol–water partition coefficient (Wildman–Crippen LogP) is 1.70. The molecule has 0 amide bonds. The van der Waals surface area contributed by atoms with E-state index in [1.807, 2.05) is 19.1 Å². The molecule has 0 aromatic heterocycles. The summed E-state index contributed by atoms with van der Waals surface area (Å²) < 4.78 is 9.80. The molecule has 0 aliphatic heterocycles. The fourth-order valence-electron chi connectivity index (χ4n) is 0.635. The monoisotopic (exact) mass is 184 g/mol. The van der Waals surface area contributed by atoms with E-state index in [1.54, 1.807) is 13.0 Å². The molecule has 0 N–H and O–H groups in total. The van der Waals surface area contributed by atoms with Crippen LogP contribution in [0.25, 0.3) is 0 Å². The third-order valence-electron chi connectivity index (χ3n) is 1.20. The van der Waals surface area contributed by atoms with Crippen molar-refractivity contribution in [3.8, 4) is 0 Å². The van der Waals surface area contributed by atoms with E-state index in [0.29, 0.717) is 19.8 Å². The van der Waals surface area contributed by atoms with Gasteiger partial charge in [-0.3, -0.25) is 0 Å². The quantitative estimate of drug-likeness (QED) is 0.273. The lowest BCUT2D eigenvalue weighted by Crippen LogP contribution is -2.00. The SMILES string of the molecule is C/C=C/COC/C=C/C(=O)OCC. The van der Waals surface area contributed by atoms with Gasteiger partial charge in [0.25, 0.3) is 0 Å². The van der Waals surface area contributed by atoms with Crippen molar-refractivity contribution in [2.75, 3.05) is 19.8 Å².